The maximum Gasteiger partial charge on any atom is 0.251 e. The number of aromatic nitrogens is 1. The van der Waals surface area contributed by atoms with Crippen molar-refractivity contribution in [3.8, 4) is 0 Å². The van der Waals surface area contributed by atoms with Crippen molar-refractivity contribution in [1.82, 2.24) is 15.6 Å². The Morgan fingerprint density at radius 1 is 1.13 bits per heavy atom. The lowest BCUT2D eigenvalue weighted by Gasteiger charge is -2.56. The first-order chi connectivity index (χ1) is 14.3. The number of carbonyl (C=O) groups is 2. The molecule has 30 heavy (non-hydrogen) atoms. The average molecular weight is 414 g/mol. The topological polar surface area (TPSA) is 91.3 Å². The van der Waals surface area contributed by atoms with Crippen LogP contribution in [0.2, 0.25) is 0 Å². The number of aliphatic hydroxyl groups excluding tert-OH is 1. The van der Waals surface area contributed by atoms with Crippen molar-refractivity contribution in [1.29, 1.82) is 0 Å². The number of pyridine rings is 1. The fourth-order valence-electron chi connectivity index (χ4n) is 6.01. The van der Waals surface area contributed by atoms with Crippen molar-refractivity contribution >= 4 is 11.8 Å². The van der Waals surface area contributed by atoms with Gasteiger partial charge in [-0.25, -0.2) is 0 Å². The number of fused-ring (bicyclic) bond motifs is 1. The summed E-state index contributed by atoms with van der Waals surface area (Å²) in [4.78, 5) is 29.3. The molecule has 0 spiro atoms. The summed E-state index contributed by atoms with van der Waals surface area (Å²) in [5.41, 5.74) is 0.665. The Morgan fingerprint density at radius 3 is 2.47 bits per heavy atom. The van der Waals surface area contributed by atoms with Gasteiger partial charge in [0.05, 0.1) is 6.10 Å². The summed E-state index contributed by atoms with van der Waals surface area (Å²) in [6.07, 6.45) is 8.67. The SMILES string of the molecule is C[C@H]1[C@@H]2[C@@H](O)[C@@H]([C@H](C)C(=O)NC3CC3)CC[C@@]2(C)CC[C@@H]1NC(=O)c1ccncc1. The van der Waals surface area contributed by atoms with E-state index in [4.69, 9.17) is 0 Å². The van der Waals surface area contributed by atoms with E-state index in [0.717, 1.165) is 38.5 Å². The van der Waals surface area contributed by atoms with Gasteiger partial charge in [-0.1, -0.05) is 20.8 Å². The third-order valence-electron chi connectivity index (χ3n) is 8.13. The van der Waals surface area contributed by atoms with Crippen molar-refractivity contribution in [2.24, 2.45) is 29.1 Å². The van der Waals surface area contributed by atoms with Gasteiger partial charge in [-0.15, -0.1) is 0 Å². The van der Waals surface area contributed by atoms with E-state index in [1.165, 1.54) is 0 Å². The van der Waals surface area contributed by atoms with Crippen LogP contribution in [0.15, 0.2) is 24.5 Å². The molecule has 0 radical (unpaired) electrons. The Bertz CT molecular complexity index is 781. The molecule has 3 fully saturated rings. The molecule has 1 aromatic heterocycles. The van der Waals surface area contributed by atoms with Crippen LogP contribution >= 0.6 is 0 Å². The second-order valence-electron chi connectivity index (χ2n) is 10.2. The summed E-state index contributed by atoms with van der Waals surface area (Å²) in [6, 6.07) is 3.80. The highest BCUT2D eigenvalue weighted by Gasteiger charge is 2.54. The van der Waals surface area contributed by atoms with E-state index in [1.807, 2.05) is 6.92 Å². The maximum atomic E-state index is 12.7. The van der Waals surface area contributed by atoms with Crippen molar-refractivity contribution in [2.45, 2.75) is 77.5 Å². The fraction of sp³-hybridized carbons (Fsp3) is 0.708. The molecule has 1 aromatic rings. The number of hydrogen-bond donors (Lipinski definition) is 3. The first-order valence-electron chi connectivity index (χ1n) is 11.5. The summed E-state index contributed by atoms with van der Waals surface area (Å²) in [6.45, 7) is 6.40. The Labute approximate surface area is 179 Å². The van der Waals surface area contributed by atoms with Crippen LogP contribution in [0.1, 0.15) is 69.7 Å². The van der Waals surface area contributed by atoms with E-state index in [0.29, 0.717) is 11.6 Å². The van der Waals surface area contributed by atoms with E-state index in [-0.39, 0.29) is 46.9 Å². The number of rotatable bonds is 5. The van der Waals surface area contributed by atoms with Gasteiger partial charge >= 0.3 is 0 Å². The van der Waals surface area contributed by atoms with Gasteiger partial charge in [0.25, 0.3) is 5.91 Å². The van der Waals surface area contributed by atoms with Gasteiger partial charge in [0.15, 0.2) is 0 Å². The molecule has 164 valence electrons. The minimum Gasteiger partial charge on any atom is -0.392 e. The number of amides is 2. The van der Waals surface area contributed by atoms with Gasteiger partial charge in [0.2, 0.25) is 5.91 Å². The summed E-state index contributed by atoms with van der Waals surface area (Å²) in [7, 11) is 0. The van der Waals surface area contributed by atoms with Crippen molar-refractivity contribution in [3.63, 3.8) is 0 Å². The number of carbonyl (C=O) groups excluding carboxylic acids is 2. The van der Waals surface area contributed by atoms with Gasteiger partial charge in [0.1, 0.15) is 0 Å². The zero-order valence-electron chi connectivity index (χ0n) is 18.3. The zero-order chi connectivity index (χ0) is 21.5. The van der Waals surface area contributed by atoms with Crippen molar-refractivity contribution < 1.29 is 14.7 Å². The first-order valence-corrected chi connectivity index (χ1v) is 11.5. The van der Waals surface area contributed by atoms with E-state index in [1.54, 1.807) is 24.5 Å². The molecule has 0 aliphatic heterocycles. The summed E-state index contributed by atoms with van der Waals surface area (Å²) < 4.78 is 0. The lowest BCUT2D eigenvalue weighted by Crippen LogP contribution is -2.58. The molecule has 0 bridgehead atoms. The summed E-state index contributed by atoms with van der Waals surface area (Å²) >= 11 is 0. The van der Waals surface area contributed by atoms with Gasteiger partial charge < -0.3 is 15.7 Å². The highest BCUT2D eigenvalue weighted by atomic mass is 16.3. The lowest BCUT2D eigenvalue weighted by molar-refractivity contribution is -0.142. The standard InChI is InChI=1S/C24H35N3O3/c1-14(22(29)26-17-4-5-17)18-6-10-24(3)11-7-19(15(2)20(24)21(18)28)27-23(30)16-8-12-25-13-9-16/h8-9,12-15,17-21,28H,4-7,10-11H2,1-3H3,(H,26,29)(H,27,30)/t14-,15+,18+,19-,20+,21-,24-/m0/s1. The van der Waals surface area contributed by atoms with E-state index >= 15 is 0 Å². The van der Waals surface area contributed by atoms with Gasteiger partial charge in [-0.2, -0.15) is 0 Å². The van der Waals surface area contributed by atoms with Crippen LogP contribution in [0.3, 0.4) is 0 Å². The van der Waals surface area contributed by atoms with E-state index in [2.05, 4.69) is 29.5 Å². The molecule has 4 rings (SSSR count). The maximum absolute atomic E-state index is 12.7. The molecule has 0 saturated heterocycles. The molecule has 6 nitrogen and oxygen atoms in total. The number of nitrogens with one attached hydrogen (secondary N) is 2. The van der Waals surface area contributed by atoms with Crippen LogP contribution in [0.25, 0.3) is 0 Å². The molecular weight excluding hydrogens is 378 g/mol. The van der Waals surface area contributed by atoms with E-state index < -0.39 is 6.10 Å². The quantitative estimate of drug-likeness (QED) is 0.692. The highest BCUT2D eigenvalue weighted by molar-refractivity contribution is 5.94. The predicted molar refractivity (Wildman–Crippen MR) is 115 cm³/mol. The minimum atomic E-state index is -0.528. The molecule has 3 saturated carbocycles. The van der Waals surface area contributed by atoms with Crippen LogP contribution in [0.5, 0.6) is 0 Å². The molecule has 2 amide bonds. The molecule has 6 heteroatoms. The van der Waals surface area contributed by atoms with E-state index in [9.17, 15) is 14.7 Å². The lowest BCUT2D eigenvalue weighted by atomic mass is 9.51. The van der Waals surface area contributed by atoms with Crippen LogP contribution < -0.4 is 10.6 Å². The Hall–Kier alpha value is -1.95. The molecule has 3 N–H and O–H groups in total. The molecule has 3 aliphatic rings. The molecule has 3 aliphatic carbocycles. The van der Waals surface area contributed by atoms with Crippen LogP contribution in [0, 0.1) is 29.1 Å². The number of nitrogens with zero attached hydrogens (tertiary/aromatic N) is 1. The zero-order valence-corrected chi connectivity index (χ0v) is 18.3. The molecule has 0 unspecified atom stereocenters. The third kappa shape index (κ3) is 4.11. The molecule has 0 aromatic carbocycles. The molecular formula is C24H35N3O3. The van der Waals surface area contributed by atoms with Crippen LogP contribution in [-0.2, 0) is 4.79 Å². The second kappa shape index (κ2) is 8.29. The smallest absolute Gasteiger partial charge is 0.251 e. The highest BCUT2D eigenvalue weighted by Crippen LogP contribution is 2.55. The van der Waals surface area contributed by atoms with Gasteiger partial charge in [-0.3, -0.25) is 14.6 Å². The molecule has 1 heterocycles. The van der Waals surface area contributed by atoms with Gasteiger partial charge in [-0.05, 0) is 73.8 Å². The number of hydrogen-bond acceptors (Lipinski definition) is 4. The first kappa shape index (κ1) is 21.3. The monoisotopic (exact) mass is 413 g/mol. The Balaban J connectivity index is 1.46. The molecule has 7 atom stereocenters. The normalized spacial score (nSPS) is 37.0. The van der Waals surface area contributed by atoms with Gasteiger partial charge in [0, 0.05) is 36.0 Å². The summed E-state index contributed by atoms with van der Waals surface area (Å²) in [5.74, 6) is -0.00829. The summed E-state index contributed by atoms with van der Waals surface area (Å²) in [5, 5.41) is 17.7. The minimum absolute atomic E-state index is 0.0211. The fourth-order valence-corrected chi connectivity index (χ4v) is 6.01. The third-order valence-corrected chi connectivity index (χ3v) is 8.13. The second-order valence-corrected chi connectivity index (χ2v) is 10.2. The van der Waals surface area contributed by atoms with Crippen LogP contribution in [0.4, 0.5) is 0 Å². The number of aliphatic hydroxyl groups is 1. The Morgan fingerprint density at radius 2 is 1.80 bits per heavy atom. The average Bonchev–Trinajstić information content (AvgIpc) is 3.54. The van der Waals surface area contributed by atoms with Crippen LogP contribution in [-0.4, -0.2) is 40.1 Å². The largest absolute Gasteiger partial charge is 0.392 e. The Kier molecular flexibility index (Phi) is 5.88. The van der Waals surface area contributed by atoms with Crippen molar-refractivity contribution in [3.05, 3.63) is 30.1 Å². The predicted octanol–water partition coefficient (Wildman–Crippen LogP) is 2.92. The van der Waals surface area contributed by atoms with Crippen molar-refractivity contribution in [2.75, 3.05) is 0 Å².